The molecule has 3 aromatic rings. The zero-order chi connectivity index (χ0) is 20.3. The van der Waals surface area contributed by atoms with Crippen LogP contribution in [0.15, 0.2) is 53.7 Å². The molecule has 1 N–H and O–H groups in total. The van der Waals surface area contributed by atoms with Gasteiger partial charge in [-0.15, -0.1) is 10.2 Å². The van der Waals surface area contributed by atoms with Gasteiger partial charge >= 0.3 is 0 Å². The number of anilines is 1. The van der Waals surface area contributed by atoms with E-state index in [1.54, 1.807) is 6.07 Å². The number of ether oxygens (including phenoxy) is 2. The summed E-state index contributed by atoms with van der Waals surface area (Å²) < 4.78 is 13.4. The summed E-state index contributed by atoms with van der Waals surface area (Å²) in [6, 6.07) is 15.5. The van der Waals surface area contributed by atoms with Gasteiger partial charge in [-0.1, -0.05) is 30.0 Å². The molecule has 7 nitrogen and oxygen atoms in total. The van der Waals surface area contributed by atoms with Crippen molar-refractivity contribution in [2.45, 2.75) is 30.3 Å². The first kappa shape index (κ1) is 19.0. The van der Waals surface area contributed by atoms with E-state index in [1.807, 2.05) is 42.5 Å². The van der Waals surface area contributed by atoms with E-state index in [-0.39, 0.29) is 11.7 Å². The molecule has 1 aromatic heterocycles. The van der Waals surface area contributed by atoms with Crippen molar-refractivity contribution >= 4 is 23.4 Å². The molecule has 0 spiro atoms. The van der Waals surface area contributed by atoms with Gasteiger partial charge in [-0.2, -0.15) is 0 Å². The maximum Gasteiger partial charge on any atom is 0.234 e. The van der Waals surface area contributed by atoms with Gasteiger partial charge in [0.05, 0.1) is 19.0 Å². The normalized spacial score (nSPS) is 15.5. The summed E-state index contributed by atoms with van der Waals surface area (Å²) in [6.07, 6.45) is 3.12. The number of para-hydroxylation sites is 1. The highest BCUT2D eigenvalue weighted by atomic mass is 32.2. The van der Waals surface area contributed by atoms with Gasteiger partial charge in [-0.05, 0) is 37.1 Å². The van der Waals surface area contributed by atoms with Crippen LogP contribution in [0.4, 0.5) is 5.69 Å². The summed E-state index contributed by atoms with van der Waals surface area (Å²) in [5.41, 5.74) is 1.71. The minimum Gasteiger partial charge on any atom is -0.490 e. The second-order valence-electron chi connectivity index (χ2n) is 7.33. The van der Waals surface area contributed by atoms with E-state index in [2.05, 4.69) is 20.1 Å². The first-order chi connectivity index (χ1) is 14.8. The van der Waals surface area contributed by atoms with Crippen LogP contribution in [0.2, 0.25) is 0 Å². The number of benzene rings is 2. The third kappa shape index (κ3) is 4.14. The zero-order valence-electron chi connectivity index (χ0n) is 16.4. The van der Waals surface area contributed by atoms with Crippen molar-refractivity contribution < 1.29 is 14.3 Å². The van der Waals surface area contributed by atoms with E-state index in [9.17, 15) is 4.79 Å². The number of nitrogens with zero attached hydrogens (tertiary/aromatic N) is 3. The van der Waals surface area contributed by atoms with E-state index in [1.165, 1.54) is 11.8 Å². The van der Waals surface area contributed by atoms with Crippen LogP contribution >= 0.6 is 11.8 Å². The van der Waals surface area contributed by atoms with Gasteiger partial charge in [0.15, 0.2) is 16.7 Å². The standard InChI is InChI=1S/C22H22N4O3S/c27-20(23-16-9-10-18-19(13-16)29-12-4-11-28-18)14-30-22-25-24-21(15-7-8-15)26(22)17-5-2-1-3-6-17/h1-3,5-6,9-10,13,15H,4,7-8,11-12,14H2,(H,23,27). The van der Waals surface area contributed by atoms with Crippen LogP contribution in [-0.4, -0.2) is 39.6 Å². The predicted octanol–water partition coefficient (Wildman–Crippen LogP) is 4.04. The Kier molecular flexibility index (Phi) is 5.31. The molecule has 0 bridgehead atoms. The Morgan fingerprint density at radius 3 is 2.67 bits per heavy atom. The molecule has 1 aliphatic heterocycles. The maximum atomic E-state index is 12.6. The molecule has 2 aromatic carbocycles. The number of rotatable bonds is 6. The third-order valence-corrected chi connectivity index (χ3v) is 5.91. The van der Waals surface area contributed by atoms with Gasteiger partial charge in [0, 0.05) is 29.8 Å². The molecule has 2 heterocycles. The molecule has 8 heteroatoms. The van der Waals surface area contributed by atoms with E-state index >= 15 is 0 Å². The monoisotopic (exact) mass is 422 g/mol. The van der Waals surface area contributed by atoms with Crippen molar-refractivity contribution in [3.05, 3.63) is 54.4 Å². The highest BCUT2D eigenvalue weighted by molar-refractivity contribution is 7.99. The topological polar surface area (TPSA) is 78.3 Å². The molecule has 5 rings (SSSR count). The van der Waals surface area contributed by atoms with Crippen molar-refractivity contribution in [3.8, 4) is 17.2 Å². The smallest absolute Gasteiger partial charge is 0.234 e. The van der Waals surface area contributed by atoms with Crippen molar-refractivity contribution in [2.24, 2.45) is 0 Å². The number of hydrogen-bond donors (Lipinski definition) is 1. The number of nitrogens with one attached hydrogen (secondary N) is 1. The minimum absolute atomic E-state index is 0.106. The first-order valence-electron chi connectivity index (χ1n) is 10.1. The average molecular weight is 423 g/mol. The van der Waals surface area contributed by atoms with E-state index in [4.69, 9.17) is 9.47 Å². The summed E-state index contributed by atoms with van der Waals surface area (Å²) in [5, 5.41) is 12.4. The largest absolute Gasteiger partial charge is 0.490 e. The third-order valence-electron chi connectivity index (χ3n) is 4.98. The lowest BCUT2D eigenvalue weighted by atomic mass is 10.2. The lowest BCUT2D eigenvalue weighted by Crippen LogP contribution is -2.14. The van der Waals surface area contributed by atoms with Crippen LogP contribution in [0.25, 0.3) is 5.69 Å². The van der Waals surface area contributed by atoms with Crippen molar-refractivity contribution in [3.63, 3.8) is 0 Å². The van der Waals surface area contributed by atoms with Gasteiger partial charge in [0.2, 0.25) is 5.91 Å². The number of fused-ring (bicyclic) bond motifs is 1. The number of amides is 1. The molecular weight excluding hydrogens is 400 g/mol. The van der Waals surface area contributed by atoms with E-state index in [0.717, 1.165) is 35.9 Å². The summed E-state index contributed by atoms with van der Waals surface area (Å²) in [6.45, 7) is 1.25. The Morgan fingerprint density at radius 1 is 1.07 bits per heavy atom. The predicted molar refractivity (Wildman–Crippen MR) is 115 cm³/mol. The molecule has 1 aliphatic carbocycles. The SMILES string of the molecule is O=C(CSc1nnc(C2CC2)n1-c1ccccc1)Nc1ccc2c(c1)OCCCO2. The van der Waals surface area contributed by atoms with Gasteiger partial charge < -0.3 is 14.8 Å². The van der Waals surface area contributed by atoms with Crippen molar-refractivity contribution in [2.75, 3.05) is 24.3 Å². The fraction of sp³-hybridized carbons (Fsp3) is 0.318. The Labute approximate surface area is 178 Å². The molecular formula is C22H22N4O3S. The van der Waals surface area contributed by atoms with Crippen LogP contribution < -0.4 is 14.8 Å². The molecule has 1 saturated carbocycles. The number of hydrogen-bond acceptors (Lipinski definition) is 6. The molecule has 30 heavy (non-hydrogen) atoms. The molecule has 1 fully saturated rings. The van der Waals surface area contributed by atoms with Gasteiger partial charge in [0.1, 0.15) is 5.82 Å². The Bertz CT molecular complexity index is 1050. The highest BCUT2D eigenvalue weighted by Gasteiger charge is 2.31. The number of carbonyl (C=O) groups is 1. The van der Waals surface area contributed by atoms with E-state index < -0.39 is 0 Å². The Hall–Kier alpha value is -3.00. The van der Waals surface area contributed by atoms with Gasteiger partial charge in [-0.25, -0.2) is 0 Å². The zero-order valence-corrected chi connectivity index (χ0v) is 17.2. The van der Waals surface area contributed by atoms with E-state index in [0.29, 0.717) is 36.3 Å². The second kappa shape index (κ2) is 8.39. The first-order valence-corrected chi connectivity index (χ1v) is 11.1. The summed E-state index contributed by atoms with van der Waals surface area (Å²) in [5.74, 6) is 2.95. The van der Waals surface area contributed by atoms with Crippen LogP contribution in [0.3, 0.4) is 0 Å². The number of aromatic nitrogens is 3. The molecule has 2 aliphatic rings. The van der Waals surface area contributed by atoms with Crippen LogP contribution in [0, 0.1) is 0 Å². The molecule has 0 atom stereocenters. The Balaban J connectivity index is 1.28. The van der Waals surface area contributed by atoms with Crippen LogP contribution in [0.5, 0.6) is 11.5 Å². The van der Waals surface area contributed by atoms with Crippen LogP contribution in [-0.2, 0) is 4.79 Å². The quantitative estimate of drug-likeness (QED) is 0.604. The highest BCUT2D eigenvalue weighted by Crippen LogP contribution is 2.41. The fourth-order valence-corrected chi connectivity index (χ4v) is 4.13. The molecule has 0 saturated heterocycles. The molecule has 0 radical (unpaired) electrons. The van der Waals surface area contributed by atoms with Crippen LogP contribution in [0.1, 0.15) is 31.0 Å². The molecule has 0 unspecified atom stereocenters. The summed E-state index contributed by atoms with van der Waals surface area (Å²) >= 11 is 1.39. The lowest BCUT2D eigenvalue weighted by Gasteiger charge is -2.11. The minimum atomic E-state index is -0.106. The summed E-state index contributed by atoms with van der Waals surface area (Å²) in [4.78, 5) is 12.6. The number of carbonyl (C=O) groups excluding carboxylic acids is 1. The molecule has 154 valence electrons. The lowest BCUT2D eigenvalue weighted by molar-refractivity contribution is -0.113. The molecule has 1 amide bonds. The summed E-state index contributed by atoms with van der Waals surface area (Å²) in [7, 11) is 0. The van der Waals surface area contributed by atoms with Crippen molar-refractivity contribution in [1.29, 1.82) is 0 Å². The van der Waals surface area contributed by atoms with Gasteiger partial charge in [0.25, 0.3) is 0 Å². The average Bonchev–Trinajstić information content (AvgIpc) is 3.56. The Morgan fingerprint density at radius 2 is 1.87 bits per heavy atom. The second-order valence-corrected chi connectivity index (χ2v) is 8.28. The van der Waals surface area contributed by atoms with Crippen molar-refractivity contribution in [1.82, 2.24) is 14.8 Å². The number of thioether (sulfide) groups is 1. The fourth-order valence-electron chi connectivity index (χ4n) is 3.37. The maximum absolute atomic E-state index is 12.6. The van der Waals surface area contributed by atoms with Gasteiger partial charge in [-0.3, -0.25) is 9.36 Å².